The van der Waals surface area contributed by atoms with Crippen LogP contribution in [-0.2, 0) is 13.6 Å². The minimum Gasteiger partial charge on any atom is -0.348 e. The molecule has 0 bridgehead atoms. The molecule has 0 radical (unpaired) electrons. The van der Waals surface area contributed by atoms with E-state index in [4.69, 9.17) is 6.42 Å². The van der Waals surface area contributed by atoms with Crippen LogP contribution >= 0.6 is 0 Å². The molecule has 88 valence electrons. The quantitative estimate of drug-likeness (QED) is 0.751. The average molecular weight is 220 g/mol. The van der Waals surface area contributed by atoms with Crippen LogP contribution in [0.15, 0.2) is 6.20 Å². The third-order valence-electron chi connectivity index (χ3n) is 2.52. The number of hydrogen-bond donors (Lipinski definition) is 1. The summed E-state index contributed by atoms with van der Waals surface area (Å²) in [6.45, 7) is 2.88. The Hall–Kier alpha value is -1.47. The molecule has 0 aliphatic rings. The van der Waals surface area contributed by atoms with Gasteiger partial charge in [-0.2, -0.15) is 0 Å². The predicted molar refractivity (Wildman–Crippen MR) is 67.3 cm³/mol. The molecule has 1 unspecified atom stereocenters. The highest BCUT2D eigenvalue weighted by molar-refractivity contribution is 5.30. The zero-order chi connectivity index (χ0) is 12.1. The summed E-state index contributed by atoms with van der Waals surface area (Å²) in [5.74, 6) is 3.61. The van der Waals surface area contributed by atoms with Crippen molar-refractivity contribution in [1.82, 2.24) is 14.9 Å². The minimum absolute atomic E-state index is 0.336. The minimum atomic E-state index is 0.336. The molecule has 1 aromatic heterocycles. The van der Waals surface area contributed by atoms with E-state index in [1.807, 2.05) is 32.2 Å². The summed E-state index contributed by atoms with van der Waals surface area (Å²) in [5, 5.41) is 3.37. The Morgan fingerprint density at radius 1 is 1.62 bits per heavy atom. The summed E-state index contributed by atoms with van der Waals surface area (Å²) >= 11 is 0. The van der Waals surface area contributed by atoms with Crippen molar-refractivity contribution in [2.24, 2.45) is 7.05 Å². The topological polar surface area (TPSA) is 33.1 Å². The van der Waals surface area contributed by atoms with Gasteiger partial charge in [-0.25, -0.2) is 4.98 Å². The zero-order valence-corrected chi connectivity index (χ0v) is 10.5. The maximum atomic E-state index is 5.26. The van der Waals surface area contributed by atoms with Crippen LogP contribution in [0, 0.1) is 12.3 Å². The Labute approximate surface area is 97.7 Å². The van der Waals surface area contributed by atoms with Crippen LogP contribution in [0.3, 0.4) is 0 Å². The van der Waals surface area contributed by atoms with Gasteiger partial charge in [-0.05, 0) is 6.92 Å². The molecule has 0 saturated heterocycles. The lowest BCUT2D eigenvalue weighted by Crippen LogP contribution is -2.26. The Bertz CT molecular complexity index is 373. The number of imidazole rings is 1. The van der Waals surface area contributed by atoms with Crippen molar-refractivity contribution < 1.29 is 0 Å². The molecule has 0 spiro atoms. The van der Waals surface area contributed by atoms with E-state index in [1.54, 1.807) is 0 Å². The number of anilines is 1. The smallest absolute Gasteiger partial charge is 0.204 e. The maximum Gasteiger partial charge on any atom is 0.204 e. The summed E-state index contributed by atoms with van der Waals surface area (Å²) in [6.07, 6.45) is 7.90. The first-order chi connectivity index (χ1) is 7.56. The molecule has 1 N–H and O–H groups in total. The molecule has 4 nitrogen and oxygen atoms in total. The highest BCUT2D eigenvalue weighted by Crippen LogP contribution is 2.10. The maximum absolute atomic E-state index is 5.26. The summed E-state index contributed by atoms with van der Waals surface area (Å²) in [4.78, 5) is 6.34. The normalized spacial score (nSPS) is 12.2. The van der Waals surface area contributed by atoms with E-state index in [0.29, 0.717) is 6.04 Å². The van der Waals surface area contributed by atoms with E-state index in [-0.39, 0.29) is 0 Å². The SMILES string of the molecule is C#CCC(C)NCc1cnc(N(C)C)n1C. The number of terminal acetylenes is 1. The number of nitrogens with zero attached hydrogens (tertiary/aromatic N) is 3. The number of rotatable bonds is 5. The van der Waals surface area contributed by atoms with Crippen molar-refractivity contribution in [3.63, 3.8) is 0 Å². The van der Waals surface area contributed by atoms with Crippen molar-refractivity contribution in [2.45, 2.75) is 25.9 Å². The highest BCUT2D eigenvalue weighted by atomic mass is 15.3. The monoisotopic (exact) mass is 220 g/mol. The lowest BCUT2D eigenvalue weighted by Gasteiger charge is -2.14. The summed E-state index contributed by atoms with van der Waals surface area (Å²) in [5.41, 5.74) is 1.16. The first-order valence-electron chi connectivity index (χ1n) is 5.41. The summed E-state index contributed by atoms with van der Waals surface area (Å²) in [6, 6.07) is 0.336. The first-order valence-corrected chi connectivity index (χ1v) is 5.41. The molecule has 1 aromatic rings. The van der Waals surface area contributed by atoms with Gasteiger partial charge in [0.2, 0.25) is 5.95 Å². The third-order valence-corrected chi connectivity index (χ3v) is 2.52. The van der Waals surface area contributed by atoms with E-state index in [9.17, 15) is 0 Å². The van der Waals surface area contributed by atoms with Gasteiger partial charge in [-0.15, -0.1) is 12.3 Å². The van der Waals surface area contributed by atoms with Gasteiger partial charge in [0.15, 0.2) is 0 Å². The van der Waals surface area contributed by atoms with Crippen LogP contribution in [-0.4, -0.2) is 29.7 Å². The predicted octanol–water partition coefficient (Wildman–Crippen LogP) is 0.987. The molecular weight excluding hydrogens is 200 g/mol. The second kappa shape index (κ2) is 5.57. The number of aromatic nitrogens is 2. The molecular formula is C12H20N4. The van der Waals surface area contributed by atoms with E-state index in [0.717, 1.165) is 24.6 Å². The second-order valence-corrected chi connectivity index (χ2v) is 4.19. The second-order valence-electron chi connectivity index (χ2n) is 4.19. The lowest BCUT2D eigenvalue weighted by molar-refractivity contribution is 0.545. The fraction of sp³-hybridized carbons (Fsp3) is 0.583. The van der Waals surface area contributed by atoms with Gasteiger partial charge in [0.05, 0.1) is 11.9 Å². The first kappa shape index (κ1) is 12.6. The van der Waals surface area contributed by atoms with E-state index < -0.39 is 0 Å². The van der Waals surface area contributed by atoms with Gasteiger partial charge in [0, 0.05) is 40.2 Å². The molecule has 0 aromatic carbocycles. The molecule has 1 rings (SSSR count). The summed E-state index contributed by atoms with van der Waals surface area (Å²) in [7, 11) is 5.99. The van der Waals surface area contributed by atoms with Crippen molar-refractivity contribution in [2.75, 3.05) is 19.0 Å². The van der Waals surface area contributed by atoms with Crippen molar-refractivity contribution >= 4 is 5.95 Å². The van der Waals surface area contributed by atoms with Gasteiger partial charge in [0.25, 0.3) is 0 Å². The average Bonchev–Trinajstić information content (AvgIpc) is 2.57. The van der Waals surface area contributed by atoms with Crippen LogP contribution in [0.1, 0.15) is 19.0 Å². The van der Waals surface area contributed by atoms with Crippen LogP contribution in [0.2, 0.25) is 0 Å². The largest absolute Gasteiger partial charge is 0.348 e. The fourth-order valence-corrected chi connectivity index (χ4v) is 1.54. The standard InChI is InChI=1S/C12H20N4/c1-6-7-10(2)13-8-11-9-14-12(15(3)4)16(11)5/h1,9-10,13H,7-8H2,2-5H3. The Morgan fingerprint density at radius 3 is 2.81 bits per heavy atom. The molecule has 0 fully saturated rings. The van der Waals surface area contributed by atoms with Crippen LogP contribution in [0.5, 0.6) is 0 Å². The van der Waals surface area contributed by atoms with Gasteiger partial charge >= 0.3 is 0 Å². The Kier molecular flexibility index (Phi) is 4.39. The van der Waals surface area contributed by atoms with Crippen molar-refractivity contribution in [3.05, 3.63) is 11.9 Å². The molecule has 1 atom stereocenters. The Balaban J connectivity index is 2.59. The van der Waals surface area contributed by atoms with Gasteiger partial charge in [-0.3, -0.25) is 0 Å². The Morgan fingerprint density at radius 2 is 2.31 bits per heavy atom. The summed E-state index contributed by atoms with van der Waals surface area (Å²) < 4.78 is 2.08. The van der Waals surface area contributed by atoms with Crippen LogP contribution in [0.25, 0.3) is 0 Å². The molecule has 0 saturated carbocycles. The van der Waals surface area contributed by atoms with Gasteiger partial charge in [-0.1, -0.05) is 0 Å². The van der Waals surface area contributed by atoms with Crippen LogP contribution < -0.4 is 10.2 Å². The molecule has 0 amide bonds. The molecule has 0 aliphatic heterocycles. The molecule has 1 heterocycles. The lowest BCUT2D eigenvalue weighted by atomic mass is 10.2. The van der Waals surface area contributed by atoms with E-state index >= 15 is 0 Å². The van der Waals surface area contributed by atoms with E-state index in [1.165, 1.54) is 0 Å². The molecule has 4 heteroatoms. The van der Waals surface area contributed by atoms with Crippen molar-refractivity contribution in [1.29, 1.82) is 0 Å². The fourth-order valence-electron chi connectivity index (χ4n) is 1.54. The molecule has 0 aliphatic carbocycles. The number of hydrogen-bond acceptors (Lipinski definition) is 3. The number of nitrogens with one attached hydrogen (secondary N) is 1. The third kappa shape index (κ3) is 3.01. The van der Waals surface area contributed by atoms with Crippen LogP contribution in [0.4, 0.5) is 5.95 Å². The van der Waals surface area contributed by atoms with E-state index in [2.05, 4.69) is 27.7 Å². The van der Waals surface area contributed by atoms with Gasteiger partial charge in [0.1, 0.15) is 0 Å². The molecule has 16 heavy (non-hydrogen) atoms. The van der Waals surface area contributed by atoms with Crippen molar-refractivity contribution in [3.8, 4) is 12.3 Å². The zero-order valence-electron chi connectivity index (χ0n) is 10.5. The highest BCUT2D eigenvalue weighted by Gasteiger charge is 2.08. The van der Waals surface area contributed by atoms with Gasteiger partial charge < -0.3 is 14.8 Å².